The molecule has 0 N–H and O–H groups in total. The van der Waals surface area contributed by atoms with Crippen molar-refractivity contribution in [3.63, 3.8) is 0 Å². The molecule has 2 aromatic rings. The molecule has 0 radical (unpaired) electrons. The van der Waals surface area contributed by atoms with Crippen LogP contribution in [0.15, 0.2) is 48.7 Å². The molecule has 0 spiro atoms. The third-order valence-corrected chi connectivity index (χ3v) is 2.93. The minimum atomic E-state index is 0.226. The molecule has 0 unspecified atom stereocenters. The first-order valence-corrected chi connectivity index (χ1v) is 6.05. The first-order chi connectivity index (χ1) is 8.05. The van der Waals surface area contributed by atoms with Gasteiger partial charge in [-0.1, -0.05) is 51.1 Å². The van der Waals surface area contributed by atoms with Gasteiger partial charge in [0.25, 0.3) is 0 Å². The van der Waals surface area contributed by atoms with Crippen LogP contribution in [0.25, 0.3) is 0 Å². The molecule has 17 heavy (non-hydrogen) atoms. The van der Waals surface area contributed by atoms with Crippen LogP contribution in [0.2, 0.25) is 0 Å². The van der Waals surface area contributed by atoms with Gasteiger partial charge in [0, 0.05) is 18.3 Å². The maximum atomic E-state index is 4.35. The predicted octanol–water partition coefficient (Wildman–Crippen LogP) is 3.97. The second-order valence-electron chi connectivity index (χ2n) is 5.44. The summed E-state index contributed by atoms with van der Waals surface area (Å²) in [5, 5.41) is 0. The van der Waals surface area contributed by atoms with E-state index in [1.54, 1.807) is 0 Å². The van der Waals surface area contributed by atoms with E-state index >= 15 is 0 Å². The van der Waals surface area contributed by atoms with Crippen molar-refractivity contribution in [1.29, 1.82) is 0 Å². The van der Waals surface area contributed by atoms with Crippen LogP contribution in [0, 0.1) is 0 Å². The maximum absolute atomic E-state index is 4.35. The average Bonchev–Trinajstić information content (AvgIpc) is 2.30. The normalized spacial score (nSPS) is 11.5. The molecule has 0 saturated carbocycles. The fourth-order valence-corrected chi connectivity index (χ4v) is 1.83. The highest BCUT2D eigenvalue weighted by Gasteiger charge is 2.12. The van der Waals surface area contributed by atoms with Gasteiger partial charge in [-0.25, -0.2) is 0 Å². The summed E-state index contributed by atoms with van der Waals surface area (Å²) in [4.78, 5) is 4.35. The van der Waals surface area contributed by atoms with E-state index in [4.69, 9.17) is 0 Å². The number of hydrogen-bond acceptors (Lipinski definition) is 1. The summed E-state index contributed by atoms with van der Waals surface area (Å²) in [5.74, 6) is 0. The molecule has 88 valence electrons. The van der Waals surface area contributed by atoms with E-state index in [9.17, 15) is 0 Å². The topological polar surface area (TPSA) is 12.9 Å². The summed E-state index contributed by atoms with van der Waals surface area (Å²) < 4.78 is 0. The van der Waals surface area contributed by atoms with Crippen LogP contribution in [0.1, 0.15) is 37.6 Å². The van der Waals surface area contributed by atoms with Crippen LogP contribution in [0.3, 0.4) is 0 Å². The quantitative estimate of drug-likeness (QED) is 0.753. The molecule has 0 atom stereocenters. The highest BCUT2D eigenvalue weighted by Crippen LogP contribution is 2.22. The third-order valence-electron chi connectivity index (χ3n) is 2.93. The van der Waals surface area contributed by atoms with Crippen LogP contribution >= 0.6 is 0 Å². The molecule has 1 heterocycles. The van der Waals surface area contributed by atoms with E-state index in [-0.39, 0.29) is 5.41 Å². The van der Waals surface area contributed by atoms with Gasteiger partial charge in [0.1, 0.15) is 0 Å². The van der Waals surface area contributed by atoms with Gasteiger partial charge in [0.2, 0.25) is 0 Å². The number of hydrogen-bond donors (Lipinski definition) is 0. The lowest BCUT2D eigenvalue weighted by Crippen LogP contribution is -2.10. The van der Waals surface area contributed by atoms with E-state index in [1.807, 2.05) is 18.3 Å². The molecule has 0 fully saturated rings. The monoisotopic (exact) mass is 225 g/mol. The average molecular weight is 225 g/mol. The van der Waals surface area contributed by atoms with Crippen molar-refractivity contribution in [2.75, 3.05) is 0 Å². The number of nitrogens with zero attached hydrogens (tertiary/aromatic N) is 1. The molecular formula is C16H19N. The van der Waals surface area contributed by atoms with E-state index in [2.05, 4.69) is 56.1 Å². The Kier molecular flexibility index (Phi) is 3.28. The van der Waals surface area contributed by atoms with Crippen LogP contribution in [0.5, 0.6) is 0 Å². The minimum absolute atomic E-state index is 0.226. The first kappa shape index (κ1) is 11.8. The summed E-state index contributed by atoms with van der Waals surface area (Å²) in [6.07, 6.45) is 2.75. The lowest BCUT2D eigenvalue weighted by Gasteiger charge is -2.19. The number of pyridine rings is 1. The third kappa shape index (κ3) is 3.16. The van der Waals surface area contributed by atoms with Crippen LogP contribution < -0.4 is 0 Å². The Morgan fingerprint density at radius 1 is 0.941 bits per heavy atom. The Bertz CT molecular complexity index is 463. The molecule has 0 aliphatic heterocycles. The standard InChI is InChI=1S/C16H19N/c1-16(2,3)14-9-7-13(8-10-14)12-15-6-4-5-11-17-15/h4-11H,12H2,1-3H3. The maximum Gasteiger partial charge on any atom is 0.0447 e. The minimum Gasteiger partial charge on any atom is -0.261 e. The van der Waals surface area contributed by atoms with Gasteiger partial charge >= 0.3 is 0 Å². The molecule has 0 aliphatic rings. The molecule has 2 rings (SSSR count). The molecule has 0 aliphatic carbocycles. The fourth-order valence-electron chi connectivity index (χ4n) is 1.83. The van der Waals surface area contributed by atoms with Crippen LogP contribution in [0.4, 0.5) is 0 Å². The Labute approximate surface area is 104 Å². The number of rotatable bonds is 2. The van der Waals surface area contributed by atoms with Gasteiger partial charge < -0.3 is 0 Å². The van der Waals surface area contributed by atoms with Gasteiger partial charge in [-0.3, -0.25) is 4.98 Å². The predicted molar refractivity (Wildman–Crippen MR) is 72.2 cm³/mol. The molecule has 1 heteroatoms. The smallest absolute Gasteiger partial charge is 0.0447 e. The van der Waals surface area contributed by atoms with E-state index in [1.165, 1.54) is 11.1 Å². The Morgan fingerprint density at radius 2 is 1.65 bits per heavy atom. The first-order valence-electron chi connectivity index (χ1n) is 6.05. The van der Waals surface area contributed by atoms with Gasteiger partial charge in [-0.15, -0.1) is 0 Å². The van der Waals surface area contributed by atoms with Gasteiger partial charge in [0.15, 0.2) is 0 Å². The zero-order valence-corrected chi connectivity index (χ0v) is 10.8. The zero-order valence-electron chi connectivity index (χ0n) is 10.8. The second-order valence-corrected chi connectivity index (χ2v) is 5.44. The van der Waals surface area contributed by atoms with Gasteiger partial charge in [-0.05, 0) is 28.7 Å². The molecule has 0 amide bonds. The van der Waals surface area contributed by atoms with Crippen molar-refractivity contribution in [1.82, 2.24) is 4.98 Å². The van der Waals surface area contributed by atoms with Crippen molar-refractivity contribution in [2.24, 2.45) is 0 Å². The lowest BCUT2D eigenvalue weighted by molar-refractivity contribution is 0.590. The Morgan fingerprint density at radius 3 is 2.18 bits per heavy atom. The second kappa shape index (κ2) is 4.70. The summed E-state index contributed by atoms with van der Waals surface area (Å²) in [7, 11) is 0. The van der Waals surface area contributed by atoms with Crippen molar-refractivity contribution >= 4 is 0 Å². The molecule has 1 nitrogen and oxygen atoms in total. The lowest BCUT2D eigenvalue weighted by atomic mass is 9.86. The molecule has 0 bridgehead atoms. The summed E-state index contributed by atoms with van der Waals surface area (Å²) in [6, 6.07) is 14.9. The molecular weight excluding hydrogens is 206 g/mol. The van der Waals surface area contributed by atoms with E-state index < -0.39 is 0 Å². The molecule has 0 saturated heterocycles. The zero-order chi connectivity index (χ0) is 12.3. The van der Waals surface area contributed by atoms with Gasteiger partial charge in [0.05, 0.1) is 0 Å². The van der Waals surface area contributed by atoms with Crippen molar-refractivity contribution in [3.05, 3.63) is 65.5 Å². The van der Waals surface area contributed by atoms with Crippen molar-refractivity contribution in [3.8, 4) is 0 Å². The molecule has 1 aromatic heterocycles. The number of benzene rings is 1. The SMILES string of the molecule is CC(C)(C)c1ccc(Cc2ccccn2)cc1. The van der Waals surface area contributed by atoms with E-state index in [0.717, 1.165) is 12.1 Å². The highest BCUT2D eigenvalue weighted by atomic mass is 14.7. The highest BCUT2D eigenvalue weighted by molar-refractivity contribution is 5.29. The van der Waals surface area contributed by atoms with Crippen LogP contribution in [-0.4, -0.2) is 4.98 Å². The molecule has 1 aromatic carbocycles. The van der Waals surface area contributed by atoms with Gasteiger partial charge in [-0.2, -0.15) is 0 Å². The van der Waals surface area contributed by atoms with Crippen LogP contribution in [-0.2, 0) is 11.8 Å². The summed E-state index contributed by atoms with van der Waals surface area (Å²) >= 11 is 0. The van der Waals surface area contributed by atoms with Crippen molar-refractivity contribution in [2.45, 2.75) is 32.6 Å². The summed E-state index contributed by atoms with van der Waals surface area (Å²) in [5.41, 5.74) is 4.04. The Balaban J connectivity index is 2.14. The number of aromatic nitrogens is 1. The van der Waals surface area contributed by atoms with Crippen molar-refractivity contribution < 1.29 is 0 Å². The Hall–Kier alpha value is -1.63. The fraction of sp³-hybridized carbons (Fsp3) is 0.312. The van der Waals surface area contributed by atoms with E-state index in [0.29, 0.717) is 0 Å². The largest absolute Gasteiger partial charge is 0.261 e. The summed E-state index contributed by atoms with van der Waals surface area (Å²) in [6.45, 7) is 6.71.